The molecular weight excluding hydrogens is 467 g/mol. The van der Waals surface area contributed by atoms with Gasteiger partial charge in [0, 0.05) is 52.5 Å². The van der Waals surface area contributed by atoms with E-state index in [9.17, 15) is 4.79 Å². The molecule has 0 bridgehead atoms. The summed E-state index contributed by atoms with van der Waals surface area (Å²) < 4.78 is 13.6. The quantitative estimate of drug-likeness (QED) is 0.287. The Balaban J connectivity index is 0.00000288. The second-order valence-electron chi connectivity index (χ2n) is 5.00. The predicted molar refractivity (Wildman–Crippen MR) is 86.6 cm³/mol. The normalized spacial score (nSPS) is 11.9. The van der Waals surface area contributed by atoms with Gasteiger partial charge in [0.05, 0.1) is 31.8 Å². The molecule has 0 aliphatic carbocycles. The molecule has 24 heavy (non-hydrogen) atoms. The Labute approximate surface area is 180 Å². The van der Waals surface area contributed by atoms with E-state index in [0.717, 1.165) is 11.3 Å². The first-order valence-electron chi connectivity index (χ1n) is 7.06. The molecular formula is C17H20N3O3Yb-. The molecule has 0 saturated heterocycles. The molecule has 1 aromatic carbocycles. The summed E-state index contributed by atoms with van der Waals surface area (Å²) in [5.74, 6) is -0.478. The third-order valence-corrected chi connectivity index (χ3v) is 3.49. The van der Waals surface area contributed by atoms with Crippen LogP contribution in [0, 0.1) is 60.0 Å². The Kier molecular flexibility index (Phi) is 8.06. The third-order valence-electron chi connectivity index (χ3n) is 3.49. The van der Waals surface area contributed by atoms with Crippen molar-refractivity contribution in [2.75, 3.05) is 14.2 Å². The van der Waals surface area contributed by atoms with E-state index in [1.165, 1.54) is 20.5 Å². The number of benzene rings is 1. The van der Waals surface area contributed by atoms with E-state index in [-0.39, 0.29) is 46.9 Å². The fourth-order valence-corrected chi connectivity index (χ4v) is 2.25. The first-order chi connectivity index (χ1) is 11.0. The number of nitrogens with zero attached hydrogens (tertiary/aromatic N) is 3. The van der Waals surface area contributed by atoms with Crippen molar-refractivity contribution in [1.29, 1.82) is 0 Å². The Morgan fingerprint density at radius 3 is 2.46 bits per heavy atom. The van der Waals surface area contributed by atoms with Crippen LogP contribution >= 0.6 is 0 Å². The van der Waals surface area contributed by atoms with Crippen molar-refractivity contribution in [1.82, 2.24) is 9.13 Å². The van der Waals surface area contributed by atoms with Gasteiger partial charge in [-0.25, -0.2) is 4.79 Å². The molecule has 0 amide bonds. The van der Waals surface area contributed by atoms with Gasteiger partial charge in [0.15, 0.2) is 0 Å². The van der Waals surface area contributed by atoms with E-state index in [4.69, 9.17) is 9.47 Å². The minimum atomic E-state index is -0.478. The number of methoxy groups -OCH3 is 2. The number of esters is 1. The molecule has 0 aliphatic heterocycles. The number of aryl methyl sites for hydroxylation is 2. The van der Waals surface area contributed by atoms with Gasteiger partial charge in [-0.1, -0.05) is 23.9 Å². The SMILES string of the molecule is COC=C(C(=O)OC)c1ccccc1N=c1n(C)[c-]c(C)n1C.[Yb]. The molecule has 0 N–H and O–H groups in total. The first-order valence-corrected chi connectivity index (χ1v) is 7.06. The Bertz CT molecular complexity index is 819. The van der Waals surface area contributed by atoms with Gasteiger partial charge in [-0.05, 0) is 27.1 Å². The summed E-state index contributed by atoms with van der Waals surface area (Å²) in [6.07, 6.45) is 4.52. The summed E-state index contributed by atoms with van der Waals surface area (Å²) in [5, 5.41) is 0. The zero-order chi connectivity index (χ0) is 17.0. The van der Waals surface area contributed by atoms with E-state index < -0.39 is 5.97 Å². The van der Waals surface area contributed by atoms with E-state index >= 15 is 0 Å². The van der Waals surface area contributed by atoms with E-state index in [1.807, 2.05) is 48.4 Å². The van der Waals surface area contributed by atoms with Gasteiger partial charge >= 0.3 is 5.97 Å². The van der Waals surface area contributed by atoms with Crippen LogP contribution < -0.4 is 5.62 Å². The van der Waals surface area contributed by atoms with Gasteiger partial charge < -0.3 is 23.6 Å². The van der Waals surface area contributed by atoms with E-state index in [2.05, 4.69) is 11.2 Å². The zero-order valence-electron chi connectivity index (χ0n) is 14.2. The Morgan fingerprint density at radius 1 is 1.25 bits per heavy atom. The molecule has 136 valence electrons. The molecule has 2 aromatic rings. The monoisotopic (exact) mass is 488 g/mol. The number of hydrogen-bond acceptors (Lipinski definition) is 4. The molecule has 0 unspecified atom stereocenters. The van der Waals surface area contributed by atoms with Crippen LogP contribution in [-0.4, -0.2) is 29.3 Å². The van der Waals surface area contributed by atoms with Crippen molar-refractivity contribution in [3.05, 3.63) is 53.6 Å². The van der Waals surface area contributed by atoms with Gasteiger partial charge in [0.2, 0.25) is 0 Å². The Morgan fingerprint density at radius 2 is 1.92 bits per heavy atom. The van der Waals surface area contributed by atoms with Gasteiger partial charge in [0.25, 0.3) is 0 Å². The van der Waals surface area contributed by atoms with Crippen LogP contribution in [0.3, 0.4) is 0 Å². The van der Waals surface area contributed by atoms with E-state index in [1.54, 1.807) is 6.07 Å². The van der Waals surface area contributed by atoms with Crippen LogP contribution in [0.5, 0.6) is 0 Å². The van der Waals surface area contributed by atoms with Crippen LogP contribution in [-0.2, 0) is 28.4 Å². The fourth-order valence-electron chi connectivity index (χ4n) is 2.25. The van der Waals surface area contributed by atoms with Crippen molar-refractivity contribution in [3.8, 4) is 0 Å². The number of para-hydroxylation sites is 1. The van der Waals surface area contributed by atoms with Crippen LogP contribution in [0.25, 0.3) is 5.57 Å². The standard InChI is InChI=1S/C17H20N3O3.Yb/c1-12-10-19(2)17(20(12)3)18-15-9-7-6-8-13(15)14(11-22-4)16(21)23-5;/h6-9,11H,1-5H3;/q-1;. The van der Waals surface area contributed by atoms with Crippen molar-refractivity contribution < 1.29 is 61.2 Å². The minimum absolute atomic E-state index is 0. The third kappa shape index (κ3) is 4.43. The molecule has 0 aliphatic rings. The number of carbonyl (C=O) groups excluding carboxylic acids is 1. The van der Waals surface area contributed by atoms with Crippen LogP contribution in [0.15, 0.2) is 35.5 Å². The molecule has 0 atom stereocenters. The van der Waals surface area contributed by atoms with Crippen LogP contribution in [0.2, 0.25) is 0 Å². The Hall–Kier alpha value is -1.24. The van der Waals surface area contributed by atoms with Gasteiger partial charge in [-0.15, -0.1) is 6.20 Å². The molecule has 7 heteroatoms. The maximum Gasteiger partial charge on any atom is 0.341 e. The average Bonchev–Trinajstić information content (AvgIpc) is 2.79. The summed E-state index contributed by atoms with van der Waals surface area (Å²) in [6.45, 7) is 1.95. The summed E-state index contributed by atoms with van der Waals surface area (Å²) in [6, 6.07) is 7.34. The first kappa shape index (κ1) is 20.8. The van der Waals surface area contributed by atoms with Gasteiger partial charge in [-0.3, -0.25) is 0 Å². The second kappa shape index (κ2) is 9.30. The summed E-state index contributed by atoms with van der Waals surface area (Å²) in [5.41, 5.74) is 3.28. The maximum atomic E-state index is 12.0. The largest absolute Gasteiger partial charge is 0.503 e. The van der Waals surface area contributed by atoms with Gasteiger partial charge in [-0.2, -0.15) is 0 Å². The molecule has 0 radical (unpaired) electrons. The van der Waals surface area contributed by atoms with Gasteiger partial charge in [0.1, 0.15) is 5.57 Å². The summed E-state index contributed by atoms with van der Waals surface area (Å²) in [7, 11) is 6.61. The second-order valence-corrected chi connectivity index (χ2v) is 5.00. The molecule has 0 saturated carbocycles. The van der Waals surface area contributed by atoms with E-state index in [0.29, 0.717) is 16.8 Å². The van der Waals surface area contributed by atoms with Crippen molar-refractivity contribution in [3.63, 3.8) is 0 Å². The zero-order valence-corrected chi connectivity index (χ0v) is 15.9. The molecule has 6 nitrogen and oxygen atoms in total. The fraction of sp³-hybridized carbons (Fsp3) is 0.294. The molecule has 1 aromatic heterocycles. The number of carbonyl (C=O) groups is 1. The number of imidazole rings is 1. The predicted octanol–water partition coefficient (Wildman–Crippen LogP) is 1.86. The van der Waals surface area contributed by atoms with Crippen LogP contribution in [0.4, 0.5) is 5.69 Å². The maximum absolute atomic E-state index is 12.0. The number of ether oxygens (including phenoxy) is 2. The molecule has 0 spiro atoms. The summed E-state index contributed by atoms with van der Waals surface area (Å²) >= 11 is 0. The number of hydrogen-bond donors (Lipinski definition) is 0. The average molecular weight is 487 g/mol. The summed E-state index contributed by atoms with van der Waals surface area (Å²) in [4.78, 5) is 16.7. The van der Waals surface area contributed by atoms with Crippen molar-refractivity contribution >= 4 is 17.2 Å². The number of rotatable bonds is 4. The van der Waals surface area contributed by atoms with Crippen LogP contribution in [0.1, 0.15) is 11.3 Å². The van der Waals surface area contributed by atoms with Crippen molar-refractivity contribution in [2.45, 2.75) is 6.92 Å². The topological polar surface area (TPSA) is 57.8 Å². The molecule has 2 rings (SSSR count). The number of aromatic nitrogens is 2. The molecule has 0 fully saturated rings. The van der Waals surface area contributed by atoms with Crippen molar-refractivity contribution in [2.24, 2.45) is 19.1 Å². The minimum Gasteiger partial charge on any atom is -0.503 e. The smallest absolute Gasteiger partial charge is 0.341 e. The molecule has 1 heterocycles.